The number of benzene rings is 18. The summed E-state index contributed by atoms with van der Waals surface area (Å²) in [6, 6.07) is 110. The van der Waals surface area contributed by atoms with Gasteiger partial charge in [-0.25, -0.2) is 0 Å². The van der Waals surface area contributed by atoms with Gasteiger partial charge in [0.15, 0.2) is 0 Å². The van der Waals surface area contributed by atoms with Crippen molar-refractivity contribution in [3.63, 3.8) is 0 Å². The molecule has 130 heavy (non-hydrogen) atoms. The van der Waals surface area contributed by atoms with Crippen LogP contribution in [0.1, 0.15) is 34.6 Å². The molecule has 14 nitrogen and oxygen atoms in total. The number of methoxy groups -OCH3 is 5. The van der Waals surface area contributed by atoms with Crippen LogP contribution in [0.25, 0.3) is 119 Å². The molecule has 0 aliphatic heterocycles. The van der Waals surface area contributed by atoms with Crippen molar-refractivity contribution in [2.24, 2.45) is 4.30 Å². The second kappa shape index (κ2) is 57.5. The number of phenols is 4. The van der Waals surface area contributed by atoms with Crippen molar-refractivity contribution < 1.29 is 111 Å². The molecule has 0 bridgehead atoms. The normalized spacial score (nSPS) is 10.1. The predicted octanol–water partition coefficient (Wildman–Crippen LogP) is 26.7. The van der Waals surface area contributed by atoms with Crippen LogP contribution in [0.4, 0.5) is 0 Å². The van der Waals surface area contributed by atoms with Gasteiger partial charge in [0, 0.05) is 88.3 Å². The maximum absolute atomic E-state index is 10.6. The summed E-state index contributed by atoms with van der Waals surface area (Å²) in [6.45, 7) is 12.3. The van der Waals surface area contributed by atoms with Crippen LogP contribution in [-0.2, 0) is 0 Å². The minimum atomic E-state index is -1.51. The molecular weight excluding hydrogens is 2180 g/mol. The van der Waals surface area contributed by atoms with E-state index in [0.717, 1.165) is 140 Å². The first-order valence-electron chi connectivity index (χ1n) is 40.4. The number of hydrogen-bond donors (Lipinski definition) is 7. The number of thiol groups is 1. The molecule has 18 rings (SSSR count). The third kappa shape index (κ3) is 30.2. The van der Waals surface area contributed by atoms with E-state index in [1.165, 1.54) is 17.9 Å². The van der Waals surface area contributed by atoms with E-state index in [0.29, 0.717) is 45.9 Å². The van der Waals surface area contributed by atoms with Crippen LogP contribution in [-0.4, -0.2) is 118 Å². The second-order valence-electron chi connectivity index (χ2n) is 28.5. The molecule has 18 aromatic carbocycles. The van der Waals surface area contributed by atoms with Gasteiger partial charge in [-0.05, 0) is 184 Å². The van der Waals surface area contributed by atoms with Crippen molar-refractivity contribution in [1.29, 1.82) is 0 Å². The molecule has 1 radical (unpaired) electrons. The summed E-state index contributed by atoms with van der Waals surface area (Å²) in [5.41, 5.74) is 3.75. The molecule has 0 atom stereocenters. The molecule has 0 fully saturated rings. The number of ether oxygens (including phenoxy) is 5. The topological polar surface area (TPSA) is 213 Å². The molecule has 0 aliphatic rings. The van der Waals surface area contributed by atoms with Gasteiger partial charge >= 0.3 is 86.4 Å². The number of nitrogens with zero attached hydrogens (tertiary/aromatic N) is 2. The van der Waals surface area contributed by atoms with Crippen molar-refractivity contribution >= 4 is 251 Å². The van der Waals surface area contributed by atoms with Gasteiger partial charge in [0.1, 0.15) is 51.7 Å². The Hall–Kier alpha value is -8.07. The summed E-state index contributed by atoms with van der Waals surface area (Å²) in [6.07, 6.45) is 0. The van der Waals surface area contributed by atoms with Gasteiger partial charge in [-0.3, -0.25) is 4.90 Å². The van der Waals surface area contributed by atoms with Crippen molar-refractivity contribution in [2.45, 2.75) is 46.7 Å². The molecule has 0 saturated heterocycles. The zero-order valence-corrected chi connectivity index (χ0v) is 89.7. The number of rotatable bonds is 11. The Morgan fingerprint density at radius 2 is 0.554 bits per heavy atom. The molecule has 0 spiro atoms. The summed E-state index contributed by atoms with van der Waals surface area (Å²) in [7, 11) is 11.2. The van der Waals surface area contributed by atoms with Crippen LogP contribution in [0.5, 0.6) is 51.7 Å². The van der Waals surface area contributed by atoms with Gasteiger partial charge in [-0.2, -0.15) is 0 Å². The van der Waals surface area contributed by atoms with Gasteiger partial charge in [0.05, 0.1) is 49.0 Å². The third-order valence-corrected chi connectivity index (χ3v) is 22.2. The number of hydrogen-bond acceptors (Lipinski definition) is 15. The first kappa shape index (κ1) is 111. The molecule has 26 heteroatoms. The molecule has 0 aliphatic carbocycles. The maximum Gasteiger partial charge on any atom is 1.00 e. The van der Waals surface area contributed by atoms with Crippen LogP contribution in [0.2, 0.25) is 0 Å². The number of phenolic OH excluding ortho intramolecular Hbond substituents is 4. The van der Waals surface area contributed by atoms with Crippen molar-refractivity contribution in [2.75, 3.05) is 47.0 Å². The van der Waals surface area contributed by atoms with Crippen molar-refractivity contribution in [3.05, 3.63) is 347 Å². The molecule has 18 aromatic rings. The Kier molecular flexibility index (Phi) is 49.0. The molecule has 7 N–H and O–H groups in total. The smallest absolute Gasteiger partial charge is 0.870 e. The van der Waals surface area contributed by atoms with E-state index in [2.05, 4.69) is 267 Å². The van der Waals surface area contributed by atoms with Crippen molar-refractivity contribution in [1.82, 2.24) is 4.90 Å². The van der Waals surface area contributed by atoms with Gasteiger partial charge < -0.3 is 59.6 Å². The van der Waals surface area contributed by atoms with Gasteiger partial charge in [0.25, 0.3) is 0 Å². The predicted molar refractivity (Wildman–Crippen MR) is 580 cm³/mol. The standard InChI is InChI=1S/C22H18O2.C20H14O2.C11H11BO3.2C11H9BrO.C10H7BrO.C10H8O.C8H19N.CH3I.BBr3.BHNS.K.H2O/c1-23-21-17-9-5-3-7-15(17)11-13-19(21)20-14-12-16-8-4-6-10-18(16)22(20)24-2;21-19-15-7-3-1-5-13(15)9-11-17(19)18-12-10-14-6-2-4-8-16(14)20(18)22;1-15-11-9-5-3-2-4-8(9)6-7-10(11)12(13)14;2*1-13-11-9-5-3-2-4-8(9)6-7-10(11)12;11-9-6-5-7-3-1-2-4-8(7)10(9)12;11-10-7-3-5-8-4-1-2-6-9(8)10;1-6-9(7(2)3)8(4)5;1-2;2-1(3)4;1-2-3;;/h3-14H,1-2H3;1-12,21-22H;2-7,13-14H,1H3;2*2-7H,1H3;1-6,12H;1-7,11H;7-8H,6H2,1-5H3;1H3;;3H;;1H2/q;;;;;;;;;;;+1;/p-1. The molecule has 0 aromatic heterocycles. The molecule has 663 valence electrons. The average molecular weight is 2280 g/mol. The third-order valence-electron chi connectivity index (χ3n) is 20.3. The molecular formula is C104H100B3Br6IKN2O12S. The van der Waals surface area contributed by atoms with Crippen LogP contribution >= 0.6 is 130 Å². The van der Waals surface area contributed by atoms with E-state index < -0.39 is 7.12 Å². The second-order valence-corrected chi connectivity index (χ2v) is 37.7. The molecule has 0 unspecified atom stereocenters. The fourth-order valence-electron chi connectivity index (χ4n) is 14.6. The van der Waals surface area contributed by atoms with E-state index >= 15 is 0 Å². The number of halogens is 7. The Labute approximate surface area is 875 Å². The minimum Gasteiger partial charge on any atom is -0.870 e. The number of alkyl halides is 1. The van der Waals surface area contributed by atoms with E-state index in [4.69, 9.17) is 23.7 Å². The Morgan fingerprint density at radius 3 is 0.831 bits per heavy atom. The van der Waals surface area contributed by atoms with Crippen LogP contribution < -0.4 is 80.5 Å². The summed E-state index contributed by atoms with van der Waals surface area (Å²) < 4.78 is 33.1. The summed E-state index contributed by atoms with van der Waals surface area (Å²) >= 11 is 24.8. The van der Waals surface area contributed by atoms with Crippen LogP contribution in [0.15, 0.2) is 351 Å². The minimum absolute atomic E-state index is 0. The van der Waals surface area contributed by atoms with E-state index in [1.54, 1.807) is 40.6 Å². The maximum atomic E-state index is 10.6. The van der Waals surface area contributed by atoms with Gasteiger partial charge in [-0.1, -0.05) is 315 Å². The first-order valence-corrected chi connectivity index (χ1v) is 48.1. The monoisotopic (exact) mass is 2270 g/mol. The first-order chi connectivity index (χ1) is 61.9. The summed E-state index contributed by atoms with van der Waals surface area (Å²) in [5.74, 6) is 5.13. The average Bonchev–Trinajstić information content (AvgIpc) is 0.769. The van der Waals surface area contributed by atoms with E-state index in [-0.39, 0.29) is 71.5 Å². The zero-order chi connectivity index (χ0) is 92.9. The summed E-state index contributed by atoms with van der Waals surface area (Å²) in [4.78, 5) is 4.43. The zero-order valence-electron chi connectivity index (χ0n) is 74.0. The van der Waals surface area contributed by atoms with Gasteiger partial charge in [0.2, 0.25) is 0 Å². The van der Waals surface area contributed by atoms with E-state index in [1.807, 2.05) is 242 Å². The Bertz CT molecular complexity index is 6390. The Balaban J connectivity index is 0.000000229. The SMILES string of the molecule is BrB(Br)Br.CCN(C(C)C)C(C)C.CI.COc1c(-c2ccc3ccccc3c2OC)ccc2ccccc12.COc1c(B(O)O)ccc2ccccc12.COc1c(Br)ccc2ccccc12.COc1c(Br)ccc2ccccc12.Oc1c(-c2ccc3ccccc3c2O)ccc2ccccc12.Oc1c(Br)ccc2ccccc12.Oc1cccc2ccccc12.[B]=NS.[K+].[OH-]. The summed E-state index contributed by atoms with van der Waals surface area (Å²) in [5, 5.41) is 77.0. The largest absolute Gasteiger partial charge is 1.00 e. The van der Waals surface area contributed by atoms with Crippen LogP contribution in [0, 0.1) is 0 Å². The number of fused-ring (bicyclic) bond motifs is 9. The molecule has 0 saturated carbocycles. The van der Waals surface area contributed by atoms with Crippen LogP contribution in [0.3, 0.4) is 0 Å². The fourth-order valence-corrected chi connectivity index (χ4v) is 16.0. The number of aromatic hydroxyl groups is 4. The molecule has 0 heterocycles. The van der Waals surface area contributed by atoms with E-state index in [9.17, 15) is 30.5 Å². The quantitative estimate of drug-likeness (QED) is 0.0278. The van der Waals surface area contributed by atoms with Gasteiger partial charge in [-0.15, -0.1) is 47.3 Å². The van der Waals surface area contributed by atoms with Crippen molar-refractivity contribution in [3.8, 4) is 74.0 Å². The Morgan fingerprint density at radius 1 is 0.331 bits per heavy atom. The fraction of sp³-hybridized carbons (Fsp3) is 0.135. The molecule has 0 amide bonds.